The SMILES string of the molecule is Cc1cc(C(=O)CC2CCCN2)c(C)n1-c1ccc(F)cc1. The molecule has 1 fully saturated rings. The predicted molar refractivity (Wildman–Crippen MR) is 85.2 cm³/mol. The monoisotopic (exact) mass is 300 g/mol. The number of hydrogen-bond donors (Lipinski definition) is 1. The summed E-state index contributed by atoms with van der Waals surface area (Å²) in [5.41, 5.74) is 3.57. The summed E-state index contributed by atoms with van der Waals surface area (Å²) in [6.07, 6.45) is 2.77. The smallest absolute Gasteiger partial charge is 0.166 e. The van der Waals surface area contributed by atoms with Crippen LogP contribution in [0.5, 0.6) is 0 Å². The zero-order chi connectivity index (χ0) is 15.7. The number of nitrogens with zero attached hydrogens (tertiary/aromatic N) is 1. The maximum absolute atomic E-state index is 13.1. The molecule has 1 unspecified atom stereocenters. The van der Waals surface area contributed by atoms with E-state index in [1.54, 1.807) is 12.1 Å². The average molecular weight is 300 g/mol. The van der Waals surface area contributed by atoms with E-state index in [1.807, 2.05) is 24.5 Å². The number of ketones is 1. The second kappa shape index (κ2) is 6.05. The zero-order valence-electron chi connectivity index (χ0n) is 13.0. The third-order valence-electron chi connectivity index (χ3n) is 4.41. The Morgan fingerprint density at radius 3 is 2.68 bits per heavy atom. The molecule has 1 N–H and O–H groups in total. The molecule has 0 saturated carbocycles. The third-order valence-corrected chi connectivity index (χ3v) is 4.41. The van der Waals surface area contributed by atoms with Gasteiger partial charge < -0.3 is 9.88 Å². The molecule has 2 aromatic rings. The molecular formula is C18H21FN2O. The van der Waals surface area contributed by atoms with Crippen molar-refractivity contribution in [3.8, 4) is 5.69 Å². The summed E-state index contributed by atoms with van der Waals surface area (Å²) in [6, 6.07) is 8.61. The van der Waals surface area contributed by atoms with Crippen LogP contribution in [0.2, 0.25) is 0 Å². The van der Waals surface area contributed by atoms with Crippen LogP contribution in [0.1, 0.15) is 41.0 Å². The van der Waals surface area contributed by atoms with E-state index in [4.69, 9.17) is 0 Å². The molecule has 3 nitrogen and oxygen atoms in total. The van der Waals surface area contributed by atoms with Crippen LogP contribution < -0.4 is 5.32 Å². The number of carbonyl (C=O) groups is 1. The molecule has 1 aromatic carbocycles. The number of hydrogen-bond acceptors (Lipinski definition) is 2. The van der Waals surface area contributed by atoms with Crippen molar-refractivity contribution in [3.05, 3.63) is 53.1 Å². The summed E-state index contributed by atoms with van der Waals surface area (Å²) in [5.74, 6) is -0.0734. The predicted octanol–water partition coefficient (Wildman–Crippen LogP) is 3.56. The Kier molecular flexibility index (Phi) is 4.12. The van der Waals surface area contributed by atoms with Gasteiger partial charge >= 0.3 is 0 Å². The van der Waals surface area contributed by atoms with Gasteiger partial charge in [-0.2, -0.15) is 0 Å². The Bertz CT molecular complexity index is 682. The largest absolute Gasteiger partial charge is 0.318 e. The molecule has 22 heavy (non-hydrogen) atoms. The second-order valence-electron chi connectivity index (χ2n) is 6.02. The summed E-state index contributed by atoms with van der Waals surface area (Å²) in [6.45, 7) is 4.93. The van der Waals surface area contributed by atoms with E-state index in [0.29, 0.717) is 12.5 Å². The molecule has 0 spiro atoms. The zero-order valence-corrected chi connectivity index (χ0v) is 13.0. The standard InChI is InChI=1S/C18H21FN2O/c1-12-10-17(18(22)11-15-4-3-9-20-15)13(2)21(12)16-7-5-14(19)6-8-16/h5-8,10,15,20H,3-4,9,11H2,1-2H3. The van der Waals surface area contributed by atoms with Gasteiger partial charge in [0, 0.05) is 35.1 Å². The van der Waals surface area contributed by atoms with Crippen molar-refractivity contribution in [2.45, 2.75) is 39.2 Å². The van der Waals surface area contributed by atoms with Crippen LogP contribution >= 0.6 is 0 Å². The first-order valence-corrected chi connectivity index (χ1v) is 7.77. The van der Waals surface area contributed by atoms with Gasteiger partial charge in [0.1, 0.15) is 5.82 Å². The van der Waals surface area contributed by atoms with E-state index >= 15 is 0 Å². The fraction of sp³-hybridized carbons (Fsp3) is 0.389. The summed E-state index contributed by atoms with van der Waals surface area (Å²) in [4.78, 5) is 12.6. The molecule has 1 aliphatic rings. The van der Waals surface area contributed by atoms with Crippen LogP contribution in [-0.2, 0) is 0 Å². The van der Waals surface area contributed by atoms with Gasteiger partial charge in [0.2, 0.25) is 0 Å². The van der Waals surface area contributed by atoms with Crippen molar-refractivity contribution in [2.75, 3.05) is 6.54 Å². The maximum atomic E-state index is 13.1. The molecule has 1 aromatic heterocycles. The lowest BCUT2D eigenvalue weighted by molar-refractivity contribution is 0.0971. The number of rotatable bonds is 4. The number of halogens is 1. The van der Waals surface area contributed by atoms with E-state index < -0.39 is 0 Å². The van der Waals surface area contributed by atoms with E-state index in [1.165, 1.54) is 12.1 Å². The molecule has 1 atom stereocenters. The van der Waals surface area contributed by atoms with Crippen LogP contribution in [0.3, 0.4) is 0 Å². The Labute approximate surface area is 130 Å². The summed E-state index contributed by atoms with van der Waals surface area (Å²) >= 11 is 0. The van der Waals surface area contributed by atoms with Crippen molar-refractivity contribution >= 4 is 5.78 Å². The summed E-state index contributed by atoms with van der Waals surface area (Å²) < 4.78 is 15.1. The van der Waals surface area contributed by atoms with Gasteiger partial charge in [0.25, 0.3) is 0 Å². The van der Waals surface area contributed by atoms with E-state index in [9.17, 15) is 9.18 Å². The van der Waals surface area contributed by atoms with Gasteiger partial charge in [-0.3, -0.25) is 4.79 Å². The highest BCUT2D eigenvalue weighted by molar-refractivity contribution is 5.98. The van der Waals surface area contributed by atoms with Gasteiger partial charge in [-0.1, -0.05) is 0 Å². The topological polar surface area (TPSA) is 34.0 Å². The molecule has 0 radical (unpaired) electrons. The van der Waals surface area contributed by atoms with Gasteiger partial charge in [0.15, 0.2) is 5.78 Å². The van der Waals surface area contributed by atoms with Crippen LogP contribution in [-0.4, -0.2) is 22.9 Å². The first kappa shape index (κ1) is 15.0. The molecule has 1 aliphatic heterocycles. The molecule has 3 rings (SSSR count). The van der Waals surface area contributed by atoms with Crippen molar-refractivity contribution in [3.63, 3.8) is 0 Å². The number of aromatic nitrogens is 1. The summed E-state index contributed by atoms with van der Waals surface area (Å²) in [7, 11) is 0. The first-order chi connectivity index (χ1) is 10.6. The lowest BCUT2D eigenvalue weighted by Gasteiger charge is -2.11. The average Bonchev–Trinajstić information content (AvgIpc) is 3.09. The van der Waals surface area contributed by atoms with Crippen LogP contribution in [0, 0.1) is 19.7 Å². The number of nitrogens with one attached hydrogen (secondary N) is 1. The van der Waals surface area contributed by atoms with Gasteiger partial charge in [-0.15, -0.1) is 0 Å². The van der Waals surface area contributed by atoms with Crippen molar-refractivity contribution < 1.29 is 9.18 Å². The second-order valence-corrected chi connectivity index (χ2v) is 6.02. The molecular weight excluding hydrogens is 279 g/mol. The number of aryl methyl sites for hydroxylation is 1. The third kappa shape index (κ3) is 2.83. The van der Waals surface area contributed by atoms with Crippen LogP contribution in [0.25, 0.3) is 5.69 Å². The Morgan fingerprint density at radius 2 is 2.05 bits per heavy atom. The minimum Gasteiger partial charge on any atom is -0.318 e. The Hall–Kier alpha value is -1.94. The molecule has 116 valence electrons. The molecule has 0 amide bonds. The van der Waals surface area contributed by atoms with Gasteiger partial charge in [-0.05, 0) is 63.6 Å². The molecule has 4 heteroatoms. The normalized spacial score (nSPS) is 17.9. The molecule has 0 bridgehead atoms. The van der Waals surface area contributed by atoms with Gasteiger partial charge in [-0.25, -0.2) is 4.39 Å². The van der Waals surface area contributed by atoms with Crippen molar-refractivity contribution in [1.29, 1.82) is 0 Å². The fourth-order valence-corrected chi connectivity index (χ4v) is 3.30. The van der Waals surface area contributed by atoms with Crippen molar-refractivity contribution in [1.82, 2.24) is 9.88 Å². The first-order valence-electron chi connectivity index (χ1n) is 7.77. The maximum Gasteiger partial charge on any atom is 0.166 e. The number of carbonyl (C=O) groups excluding carboxylic acids is 1. The molecule has 0 aliphatic carbocycles. The summed E-state index contributed by atoms with van der Waals surface area (Å²) in [5, 5.41) is 3.37. The van der Waals surface area contributed by atoms with E-state index in [-0.39, 0.29) is 11.6 Å². The quantitative estimate of drug-likeness (QED) is 0.876. The molecule has 2 heterocycles. The van der Waals surface area contributed by atoms with E-state index in [0.717, 1.165) is 42.0 Å². The highest BCUT2D eigenvalue weighted by Gasteiger charge is 2.22. The van der Waals surface area contributed by atoms with Crippen molar-refractivity contribution in [2.24, 2.45) is 0 Å². The lowest BCUT2D eigenvalue weighted by Crippen LogP contribution is -2.24. The number of benzene rings is 1. The minimum atomic E-state index is -0.255. The highest BCUT2D eigenvalue weighted by atomic mass is 19.1. The van der Waals surface area contributed by atoms with E-state index in [2.05, 4.69) is 5.32 Å². The fourth-order valence-electron chi connectivity index (χ4n) is 3.30. The molecule has 1 saturated heterocycles. The van der Waals surface area contributed by atoms with Crippen LogP contribution in [0.15, 0.2) is 30.3 Å². The van der Waals surface area contributed by atoms with Gasteiger partial charge in [0.05, 0.1) is 0 Å². The minimum absolute atomic E-state index is 0.181. The Balaban J connectivity index is 1.89. The Morgan fingerprint density at radius 1 is 1.32 bits per heavy atom. The number of Topliss-reactive ketones (excluding diaryl/α,β-unsaturated/α-hetero) is 1. The lowest BCUT2D eigenvalue weighted by atomic mass is 10.0. The highest BCUT2D eigenvalue weighted by Crippen LogP contribution is 2.23. The van der Waals surface area contributed by atoms with Crippen LogP contribution in [0.4, 0.5) is 4.39 Å².